The van der Waals surface area contributed by atoms with Crippen LogP contribution in [0.2, 0.25) is 0 Å². The predicted octanol–water partition coefficient (Wildman–Crippen LogP) is 4.20. The molecule has 17 heavy (non-hydrogen) atoms. The molecule has 0 atom stereocenters. The van der Waals surface area contributed by atoms with Gasteiger partial charge in [0.15, 0.2) is 0 Å². The van der Waals surface area contributed by atoms with Crippen molar-refractivity contribution in [2.75, 3.05) is 0 Å². The molecule has 2 aromatic rings. The van der Waals surface area contributed by atoms with Crippen LogP contribution >= 0.6 is 27.7 Å². The lowest BCUT2D eigenvalue weighted by molar-refractivity contribution is 0.602. The average Bonchev–Trinajstić information content (AvgIpc) is 2.32. The summed E-state index contributed by atoms with van der Waals surface area (Å²) < 4.78 is 14.4. The van der Waals surface area contributed by atoms with Gasteiger partial charge in [0.25, 0.3) is 0 Å². The average molecular weight is 312 g/mol. The Balaban J connectivity index is 2.25. The Hall–Kier alpha value is -0.840. The van der Waals surface area contributed by atoms with Crippen molar-refractivity contribution in [1.29, 1.82) is 0 Å². The molecule has 0 heterocycles. The van der Waals surface area contributed by atoms with E-state index < -0.39 is 0 Å². The van der Waals surface area contributed by atoms with Crippen LogP contribution in [-0.4, -0.2) is 0 Å². The predicted molar refractivity (Wildman–Crippen MR) is 72.6 cm³/mol. The molecule has 0 saturated carbocycles. The topological polar surface area (TPSA) is 26.0 Å². The second-order valence-corrected chi connectivity index (χ2v) is 5.46. The van der Waals surface area contributed by atoms with Crippen molar-refractivity contribution in [3.05, 3.63) is 58.3 Å². The van der Waals surface area contributed by atoms with E-state index in [2.05, 4.69) is 15.9 Å². The molecule has 0 aliphatic heterocycles. The molecule has 0 unspecified atom stereocenters. The van der Waals surface area contributed by atoms with E-state index in [0.29, 0.717) is 11.4 Å². The molecular formula is C13H11BrFNS. The van der Waals surface area contributed by atoms with Crippen LogP contribution in [0.3, 0.4) is 0 Å². The quantitative estimate of drug-likeness (QED) is 0.919. The van der Waals surface area contributed by atoms with E-state index in [4.69, 9.17) is 5.73 Å². The number of hydrogen-bond acceptors (Lipinski definition) is 2. The molecule has 0 fully saturated rings. The fourth-order valence-corrected chi connectivity index (χ4v) is 2.98. The summed E-state index contributed by atoms with van der Waals surface area (Å²) in [6.45, 7) is 0.491. The van der Waals surface area contributed by atoms with Gasteiger partial charge in [-0.15, -0.1) is 0 Å². The van der Waals surface area contributed by atoms with Gasteiger partial charge in [0.1, 0.15) is 5.82 Å². The Morgan fingerprint density at radius 2 is 1.94 bits per heavy atom. The van der Waals surface area contributed by atoms with E-state index in [1.54, 1.807) is 12.1 Å². The monoisotopic (exact) mass is 311 g/mol. The smallest absolute Gasteiger partial charge is 0.137 e. The van der Waals surface area contributed by atoms with Crippen LogP contribution in [0.15, 0.2) is 56.7 Å². The number of nitrogens with two attached hydrogens (primary N) is 1. The molecule has 0 saturated heterocycles. The maximum atomic E-state index is 13.5. The minimum absolute atomic E-state index is 0.198. The van der Waals surface area contributed by atoms with Gasteiger partial charge in [0.2, 0.25) is 0 Å². The summed E-state index contributed by atoms with van der Waals surface area (Å²) in [7, 11) is 0. The zero-order valence-corrected chi connectivity index (χ0v) is 11.4. The van der Waals surface area contributed by atoms with E-state index in [0.717, 1.165) is 14.9 Å². The number of rotatable bonds is 3. The Bertz CT molecular complexity index is 531. The molecule has 0 aliphatic carbocycles. The highest BCUT2D eigenvalue weighted by atomic mass is 79.9. The highest BCUT2D eigenvalue weighted by molar-refractivity contribution is 9.10. The first-order valence-electron chi connectivity index (χ1n) is 5.11. The van der Waals surface area contributed by atoms with Gasteiger partial charge in [-0.05, 0) is 29.8 Å². The molecule has 0 aromatic heterocycles. The van der Waals surface area contributed by atoms with Gasteiger partial charge in [0.05, 0.1) is 0 Å². The largest absolute Gasteiger partial charge is 0.326 e. The lowest BCUT2D eigenvalue weighted by atomic mass is 10.2. The van der Waals surface area contributed by atoms with Crippen molar-refractivity contribution < 1.29 is 4.39 Å². The first-order valence-corrected chi connectivity index (χ1v) is 6.72. The molecule has 2 aromatic carbocycles. The van der Waals surface area contributed by atoms with Crippen molar-refractivity contribution in [2.45, 2.75) is 16.3 Å². The third-order valence-electron chi connectivity index (χ3n) is 2.31. The van der Waals surface area contributed by atoms with Crippen LogP contribution in [0.25, 0.3) is 0 Å². The van der Waals surface area contributed by atoms with Crippen molar-refractivity contribution >= 4 is 27.7 Å². The SMILES string of the molecule is NCc1ccc(Sc2ccccc2F)cc1Br. The lowest BCUT2D eigenvalue weighted by Gasteiger charge is -2.06. The second-order valence-electron chi connectivity index (χ2n) is 3.49. The van der Waals surface area contributed by atoms with Gasteiger partial charge in [-0.25, -0.2) is 4.39 Å². The third kappa shape index (κ3) is 3.09. The van der Waals surface area contributed by atoms with Gasteiger partial charge in [0, 0.05) is 20.8 Å². The van der Waals surface area contributed by atoms with Crippen LogP contribution in [0.4, 0.5) is 4.39 Å². The lowest BCUT2D eigenvalue weighted by Crippen LogP contribution is -1.96. The van der Waals surface area contributed by atoms with Crippen LogP contribution in [0, 0.1) is 5.82 Å². The third-order valence-corrected chi connectivity index (χ3v) is 4.09. The van der Waals surface area contributed by atoms with Gasteiger partial charge in [-0.1, -0.05) is 45.9 Å². The maximum absolute atomic E-state index is 13.5. The Morgan fingerprint density at radius 1 is 1.18 bits per heavy atom. The summed E-state index contributed by atoms with van der Waals surface area (Å²) in [5, 5.41) is 0. The van der Waals surface area contributed by atoms with Gasteiger partial charge < -0.3 is 5.73 Å². The van der Waals surface area contributed by atoms with Crippen LogP contribution < -0.4 is 5.73 Å². The zero-order chi connectivity index (χ0) is 12.3. The van der Waals surface area contributed by atoms with Gasteiger partial charge in [-0.2, -0.15) is 0 Å². The maximum Gasteiger partial charge on any atom is 0.137 e. The first kappa shape index (κ1) is 12.6. The van der Waals surface area contributed by atoms with Crippen molar-refractivity contribution in [1.82, 2.24) is 0 Å². The van der Waals surface area contributed by atoms with Gasteiger partial charge >= 0.3 is 0 Å². The molecule has 0 amide bonds. The van der Waals surface area contributed by atoms with Crippen LogP contribution in [0.1, 0.15) is 5.56 Å². The highest BCUT2D eigenvalue weighted by Gasteiger charge is 2.05. The van der Waals surface area contributed by atoms with E-state index in [1.165, 1.54) is 17.8 Å². The van der Waals surface area contributed by atoms with E-state index in [-0.39, 0.29) is 5.82 Å². The van der Waals surface area contributed by atoms with E-state index >= 15 is 0 Å². The first-order chi connectivity index (χ1) is 8.20. The number of benzene rings is 2. The van der Waals surface area contributed by atoms with E-state index in [9.17, 15) is 4.39 Å². The minimum atomic E-state index is -0.198. The molecule has 88 valence electrons. The van der Waals surface area contributed by atoms with E-state index in [1.807, 2.05) is 24.3 Å². The fraction of sp³-hybridized carbons (Fsp3) is 0.0769. The van der Waals surface area contributed by atoms with Gasteiger partial charge in [-0.3, -0.25) is 0 Å². The number of halogens is 2. The zero-order valence-electron chi connectivity index (χ0n) is 8.99. The van der Waals surface area contributed by atoms with Crippen LogP contribution in [0.5, 0.6) is 0 Å². The number of hydrogen-bond donors (Lipinski definition) is 1. The van der Waals surface area contributed by atoms with Crippen LogP contribution in [-0.2, 0) is 6.54 Å². The highest BCUT2D eigenvalue weighted by Crippen LogP contribution is 2.32. The summed E-state index contributed by atoms with van der Waals surface area (Å²) in [6.07, 6.45) is 0. The summed E-state index contributed by atoms with van der Waals surface area (Å²) in [4.78, 5) is 1.61. The fourth-order valence-electron chi connectivity index (χ4n) is 1.41. The van der Waals surface area contributed by atoms with Crippen molar-refractivity contribution in [3.63, 3.8) is 0 Å². The summed E-state index contributed by atoms with van der Waals surface area (Å²) in [5.74, 6) is -0.198. The summed E-state index contributed by atoms with van der Waals surface area (Å²) >= 11 is 4.85. The second kappa shape index (κ2) is 5.67. The molecule has 0 bridgehead atoms. The molecule has 0 radical (unpaired) electrons. The molecule has 4 heteroatoms. The molecule has 2 rings (SSSR count). The van der Waals surface area contributed by atoms with Crippen molar-refractivity contribution in [2.24, 2.45) is 5.73 Å². The Labute approximate surface area is 112 Å². The summed E-state index contributed by atoms with van der Waals surface area (Å²) in [6, 6.07) is 12.6. The van der Waals surface area contributed by atoms with Crippen molar-refractivity contribution in [3.8, 4) is 0 Å². The Morgan fingerprint density at radius 3 is 2.59 bits per heavy atom. The standard InChI is InChI=1S/C13H11BrFNS/c14-11-7-10(6-5-9(11)8-16)17-13-4-2-1-3-12(13)15/h1-7H,8,16H2. The minimum Gasteiger partial charge on any atom is -0.326 e. The normalized spacial score (nSPS) is 10.5. The molecule has 0 spiro atoms. The molecule has 2 N–H and O–H groups in total. The summed E-state index contributed by atoms with van der Waals surface area (Å²) in [5.41, 5.74) is 6.62. The Kier molecular flexibility index (Phi) is 4.20. The molecular weight excluding hydrogens is 301 g/mol. The molecule has 1 nitrogen and oxygen atoms in total. The molecule has 0 aliphatic rings.